The van der Waals surface area contributed by atoms with Gasteiger partial charge in [0.25, 0.3) is 0 Å². The average Bonchev–Trinajstić information content (AvgIpc) is 2.89. The molecule has 0 spiro atoms. The van der Waals surface area contributed by atoms with Crippen LogP contribution in [0, 0.1) is 0 Å². The molecule has 0 saturated carbocycles. The highest BCUT2D eigenvalue weighted by Crippen LogP contribution is 2.16. The number of rotatable bonds is 2. The third-order valence-corrected chi connectivity index (χ3v) is 2.55. The maximum Gasteiger partial charge on any atom is 0.197 e. The number of nitrogens with one attached hydrogen (secondary N) is 2. The maximum absolute atomic E-state index is 5.23. The summed E-state index contributed by atoms with van der Waals surface area (Å²) in [5.74, 6) is 2.47. The SMILES string of the molecule is c1coc(CNC2=NCc3cccnc3N2)c1. The number of aromatic nitrogens is 1. The minimum atomic E-state index is 0.612. The van der Waals surface area contributed by atoms with Crippen molar-refractivity contribution < 1.29 is 4.42 Å². The Bertz CT molecular complexity index is 533. The Kier molecular flexibility index (Phi) is 2.50. The number of anilines is 1. The summed E-state index contributed by atoms with van der Waals surface area (Å²) in [6, 6.07) is 7.71. The van der Waals surface area contributed by atoms with Crippen molar-refractivity contribution in [2.45, 2.75) is 13.1 Å². The topological polar surface area (TPSA) is 62.5 Å². The highest BCUT2D eigenvalue weighted by Gasteiger charge is 2.11. The predicted molar refractivity (Wildman–Crippen MR) is 64.5 cm³/mol. The van der Waals surface area contributed by atoms with E-state index in [9.17, 15) is 0 Å². The fourth-order valence-corrected chi connectivity index (χ4v) is 1.68. The van der Waals surface area contributed by atoms with Gasteiger partial charge in [-0.3, -0.25) is 0 Å². The first-order valence-corrected chi connectivity index (χ1v) is 5.43. The quantitative estimate of drug-likeness (QED) is 0.822. The fraction of sp³-hybridized carbons (Fsp3) is 0.167. The van der Waals surface area contributed by atoms with Crippen LogP contribution in [0.25, 0.3) is 0 Å². The molecule has 5 nitrogen and oxygen atoms in total. The second-order valence-electron chi connectivity index (χ2n) is 3.73. The number of nitrogens with zero attached hydrogens (tertiary/aromatic N) is 2. The monoisotopic (exact) mass is 228 g/mol. The largest absolute Gasteiger partial charge is 0.467 e. The van der Waals surface area contributed by atoms with Gasteiger partial charge in [-0.25, -0.2) is 9.98 Å². The zero-order valence-electron chi connectivity index (χ0n) is 9.18. The molecule has 17 heavy (non-hydrogen) atoms. The van der Waals surface area contributed by atoms with Crippen LogP contribution in [0.1, 0.15) is 11.3 Å². The van der Waals surface area contributed by atoms with Gasteiger partial charge in [0.2, 0.25) is 0 Å². The van der Waals surface area contributed by atoms with Crippen molar-refractivity contribution in [3.05, 3.63) is 48.0 Å². The van der Waals surface area contributed by atoms with Crippen LogP contribution in [0.15, 0.2) is 46.1 Å². The lowest BCUT2D eigenvalue weighted by Gasteiger charge is -2.17. The zero-order valence-corrected chi connectivity index (χ0v) is 9.18. The van der Waals surface area contributed by atoms with Gasteiger partial charge in [0.15, 0.2) is 5.96 Å². The number of aliphatic imine (C=N–C) groups is 1. The molecule has 0 saturated heterocycles. The van der Waals surface area contributed by atoms with E-state index < -0.39 is 0 Å². The van der Waals surface area contributed by atoms with Crippen LogP contribution < -0.4 is 10.6 Å². The van der Waals surface area contributed by atoms with Crippen LogP contribution in [0.5, 0.6) is 0 Å². The molecule has 0 amide bonds. The van der Waals surface area contributed by atoms with Gasteiger partial charge in [-0.1, -0.05) is 6.07 Å². The Morgan fingerprint density at radius 2 is 2.35 bits per heavy atom. The highest BCUT2D eigenvalue weighted by atomic mass is 16.3. The van der Waals surface area contributed by atoms with Gasteiger partial charge in [0.1, 0.15) is 11.6 Å². The molecule has 0 aromatic carbocycles. The van der Waals surface area contributed by atoms with Crippen LogP contribution in [0.4, 0.5) is 5.82 Å². The molecule has 0 radical (unpaired) electrons. The minimum absolute atomic E-state index is 0.612. The average molecular weight is 228 g/mol. The summed E-state index contributed by atoms with van der Waals surface area (Å²) < 4.78 is 5.23. The van der Waals surface area contributed by atoms with Crippen LogP contribution in [-0.2, 0) is 13.1 Å². The zero-order chi connectivity index (χ0) is 11.5. The van der Waals surface area contributed by atoms with E-state index >= 15 is 0 Å². The number of pyridine rings is 1. The van der Waals surface area contributed by atoms with Crippen LogP contribution in [0.2, 0.25) is 0 Å². The molecular formula is C12H12N4O. The molecule has 0 fully saturated rings. The smallest absolute Gasteiger partial charge is 0.197 e. The summed E-state index contributed by atoms with van der Waals surface area (Å²) in [5.41, 5.74) is 1.11. The van der Waals surface area contributed by atoms with Crippen molar-refractivity contribution >= 4 is 11.8 Å². The first-order valence-electron chi connectivity index (χ1n) is 5.43. The third kappa shape index (κ3) is 2.13. The lowest BCUT2D eigenvalue weighted by molar-refractivity contribution is 0.503. The Morgan fingerprint density at radius 3 is 3.24 bits per heavy atom. The van der Waals surface area contributed by atoms with Crippen LogP contribution in [-0.4, -0.2) is 10.9 Å². The van der Waals surface area contributed by atoms with E-state index in [1.54, 1.807) is 12.5 Å². The second-order valence-corrected chi connectivity index (χ2v) is 3.73. The van der Waals surface area contributed by atoms with Gasteiger partial charge in [-0.2, -0.15) is 0 Å². The van der Waals surface area contributed by atoms with E-state index in [1.807, 2.05) is 24.3 Å². The summed E-state index contributed by atoms with van der Waals surface area (Å²) in [5, 5.41) is 6.32. The number of furan rings is 1. The van der Waals surface area contributed by atoms with Crippen molar-refractivity contribution in [1.29, 1.82) is 0 Å². The molecule has 2 N–H and O–H groups in total. The molecule has 2 aromatic rings. The first-order chi connectivity index (χ1) is 8.42. The fourth-order valence-electron chi connectivity index (χ4n) is 1.68. The Morgan fingerprint density at radius 1 is 1.35 bits per heavy atom. The Labute approximate surface area is 98.6 Å². The molecule has 0 unspecified atom stereocenters. The van der Waals surface area contributed by atoms with Gasteiger partial charge < -0.3 is 15.1 Å². The summed E-state index contributed by atoms with van der Waals surface area (Å²) in [7, 11) is 0. The molecule has 3 heterocycles. The molecule has 2 aromatic heterocycles. The minimum Gasteiger partial charge on any atom is -0.467 e. The van der Waals surface area contributed by atoms with Crippen molar-refractivity contribution in [3.63, 3.8) is 0 Å². The maximum atomic E-state index is 5.23. The van der Waals surface area contributed by atoms with Crippen molar-refractivity contribution in [2.75, 3.05) is 5.32 Å². The number of guanidine groups is 1. The molecular weight excluding hydrogens is 216 g/mol. The molecule has 1 aliphatic rings. The number of hydrogen-bond acceptors (Lipinski definition) is 5. The Balaban J connectivity index is 1.65. The van der Waals surface area contributed by atoms with Crippen molar-refractivity contribution in [1.82, 2.24) is 10.3 Å². The number of hydrogen-bond donors (Lipinski definition) is 2. The van der Waals surface area contributed by atoms with Gasteiger partial charge in [-0.05, 0) is 18.2 Å². The second kappa shape index (κ2) is 4.29. The van der Waals surface area contributed by atoms with Gasteiger partial charge >= 0.3 is 0 Å². The lowest BCUT2D eigenvalue weighted by Crippen LogP contribution is -2.33. The van der Waals surface area contributed by atoms with Gasteiger partial charge in [-0.15, -0.1) is 0 Å². The third-order valence-electron chi connectivity index (χ3n) is 2.55. The predicted octanol–water partition coefficient (Wildman–Crippen LogP) is 1.75. The summed E-state index contributed by atoms with van der Waals surface area (Å²) in [4.78, 5) is 8.64. The van der Waals surface area contributed by atoms with Crippen LogP contribution in [0.3, 0.4) is 0 Å². The van der Waals surface area contributed by atoms with E-state index in [-0.39, 0.29) is 0 Å². The summed E-state index contributed by atoms with van der Waals surface area (Å²) in [6.45, 7) is 1.26. The summed E-state index contributed by atoms with van der Waals surface area (Å²) >= 11 is 0. The van der Waals surface area contributed by atoms with Crippen LogP contribution >= 0.6 is 0 Å². The van der Waals surface area contributed by atoms with E-state index in [4.69, 9.17) is 4.42 Å². The van der Waals surface area contributed by atoms with Crippen molar-refractivity contribution in [2.24, 2.45) is 4.99 Å². The normalized spacial score (nSPS) is 13.5. The number of fused-ring (bicyclic) bond motifs is 1. The molecule has 3 rings (SSSR count). The van der Waals surface area contributed by atoms with Crippen molar-refractivity contribution in [3.8, 4) is 0 Å². The first kappa shape index (κ1) is 9.89. The molecule has 1 aliphatic heterocycles. The molecule has 86 valence electrons. The molecule has 0 aliphatic carbocycles. The summed E-state index contributed by atoms with van der Waals surface area (Å²) in [6.07, 6.45) is 3.42. The molecule has 5 heteroatoms. The van der Waals surface area contributed by atoms with E-state index in [0.717, 1.165) is 23.1 Å². The standard InChI is InChI=1S/C12H12N4O/c1-3-9-7-14-12(16-11(9)13-5-1)15-8-10-4-2-6-17-10/h1-6H,7-8H2,(H2,13,14,15,16). The van der Waals surface area contributed by atoms with E-state index in [2.05, 4.69) is 20.6 Å². The van der Waals surface area contributed by atoms with Gasteiger partial charge in [0, 0.05) is 11.8 Å². The molecule has 0 bridgehead atoms. The highest BCUT2D eigenvalue weighted by molar-refractivity contribution is 5.94. The van der Waals surface area contributed by atoms with Gasteiger partial charge in [0.05, 0.1) is 19.4 Å². The molecule has 0 atom stereocenters. The van der Waals surface area contributed by atoms with E-state index in [1.165, 1.54) is 0 Å². The van der Waals surface area contributed by atoms with E-state index in [0.29, 0.717) is 13.1 Å². The Hall–Kier alpha value is -2.30. The lowest BCUT2D eigenvalue weighted by atomic mass is 10.2.